The van der Waals surface area contributed by atoms with E-state index in [2.05, 4.69) is 19.2 Å². The minimum Gasteiger partial charge on any atom is -0.309 e. The smallest absolute Gasteiger partial charge is 0.126 e. The molecule has 0 amide bonds. The normalized spacial score (nSPS) is 13.1. The number of hydrogen-bond donors (Lipinski definition) is 1. The van der Waals surface area contributed by atoms with Crippen LogP contribution in [0, 0.1) is 17.6 Å². The number of alkyl halides is 1. The minimum absolute atomic E-state index is 0.169. The van der Waals surface area contributed by atoms with Gasteiger partial charge in [-0.15, -0.1) is 11.6 Å². The lowest BCUT2D eigenvalue weighted by Crippen LogP contribution is -2.31. The van der Waals surface area contributed by atoms with E-state index < -0.39 is 11.6 Å². The van der Waals surface area contributed by atoms with E-state index in [4.69, 9.17) is 11.6 Å². The number of benzene rings is 1. The lowest BCUT2D eigenvalue weighted by molar-refractivity contribution is 0.443. The third kappa shape index (κ3) is 5.46. The standard InChI is InChI=1S/C13H18ClF2N/c1-9(2)3-13(7-14)17-8-10-4-11(15)6-12(16)5-10/h4-6,9,13,17H,3,7-8H2,1-2H3. The fourth-order valence-corrected chi connectivity index (χ4v) is 1.98. The largest absolute Gasteiger partial charge is 0.309 e. The molecular formula is C13H18ClF2N. The van der Waals surface area contributed by atoms with Crippen molar-refractivity contribution in [2.75, 3.05) is 5.88 Å². The van der Waals surface area contributed by atoms with Crippen molar-refractivity contribution in [2.24, 2.45) is 5.92 Å². The first kappa shape index (κ1) is 14.4. The Balaban J connectivity index is 2.53. The Hall–Kier alpha value is -0.670. The zero-order valence-corrected chi connectivity index (χ0v) is 10.9. The van der Waals surface area contributed by atoms with Crippen LogP contribution < -0.4 is 5.32 Å². The van der Waals surface area contributed by atoms with Crippen molar-refractivity contribution in [1.82, 2.24) is 5.32 Å². The number of halogens is 3. The van der Waals surface area contributed by atoms with Gasteiger partial charge in [0.25, 0.3) is 0 Å². The highest BCUT2D eigenvalue weighted by Crippen LogP contribution is 2.10. The first-order chi connectivity index (χ1) is 8.01. The molecule has 1 aromatic rings. The Bertz CT molecular complexity index is 335. The van der Waals surface area contributed by atoms with Gasteiger partial charge < -0.3 is 5.32 Å². The molecule has 0 saturated carbocycles. The SMILES string of the molecule is CC(C)CC(CCl)NCc1cc(F)cc(F)c1. The van der Waals surface area contributed by atoms with E-state index in [0.29, 0.717) is 23.9 Å². The second-order valence-electron chi connectivity index (χ2n) is 4.64. The van der Waals surface area contributed by atoms with Gasteiger partial charge in [-0.3, -0.25) is 0 Å². The van der Waals surface area contributed by atoms with E-state index in [-0.39, 0.29) is 6.04 Å². The summed E-state index contributed by atoms with van der Waals surface area (Å²) in [4.78, 5) is 0. The van der Waals surface area contributed by atoms with Gasteiger partial charge in [-0.25, -0.2) is 8.78 Å². The van der Waals surface area contributed by atoms with E-state index in [0.717, 1.165) is 12.5 Å². The Morgan fingerprint density at radius 2 is 1.76 bits per heavy atom. The quantitative estimate of drug-likeness (QED) is 0.770. The molecule has 4 heteroatoms. The molecule has 0 fully saturated rings. The van der Waals surface area contributed by atoms with Gasteiger partial charge in [-0.05, 0) is 30.0 Å². The monoisotopic (exact) mass is 261 g/mol. The summed E-state index contributed by atoms with van der Waals surface area (Å²) in [6.45, 7) is 4.66. The van der Waals surface area contributed by atoms with Crippen LogP contribution >= 0.6 is 11.6 Å². The predicted octanol–water partition coefficient (Wildman–Crippen LogP) is 3.71. The van der Waals surface area contributed by atoms with Gasteiger partial charge in [0, 0.05) is 24.5 Å². The van der Waals surface area contributed by atoms with E-state index in [1.165, 1.54) is 12.1 Å². The van der Waals surface area contributed by atoms with E-state index in [9.17, 15) is 8.78 Å². The molecule has 0 spiro atoms. The summed E-state index contributed by atoms with van der Waals surface area (Å²) in [5, 5.41) is 3.21. The molecule has 0 aliphatic carbocycles. The van der Waals surface area contributed by atoms with Crippen molar-refractivity contribution in [3.8, 4) is 0 Å². The summed E-state index contributed by atoms with van der Waals surface area (Å²) < 4.78 is 25.9. The molecule has 1 atom stereocenters. The molecule has 1 aromatic carbocycles. The first-order valence-corrected chi connectivity index (χ1v) is 6.29. The average Bonchev–Trinajstić information content (AvgIpc) is 2.22. The van der Waals surface area contributed by atoms with Gasteiger partial charge in [0.15, 0.2) is 0 Å². The van der Waals surface area contributed by atoms with Crippen molar-refractivity contribution in [3.63, 3.8) is 0 Å². The van der Waals surface area contributed by atoms with Crippen LogP contribution in [-0.4, -0.2) is 11.9 Å². The molecule has 0 bridgehead atoms. The topological polar surface area (TPSA) is 12.0 Å². The first-order valence-electron chi connectivity index (χ1n) is 5.75. The second-order valence-corrected chi connectivity index (χ2v) is 4.95. The van der Waals surface area contributed by atoms with Gasteiger partial charge in [-0.1, -0.05) is 13.8 Å². The number of rotatable bonds is 6. The number of hydrogen-bond acceptors (Lipinski definition) is 1. The van der Waals surface area contributed by atoms with Crippen molar-refractivity contribution in [3.05, 3.63) is 35.4 Å². The molecule has 1 rings (SSSR count). The van der Waals surface area contributed by atoms with E-state index in [1.54, 1.807) is 0 Å². The Kier molecular flexibility index (Phi) is 5.86. The van der Waals surface area contributed by atoms with Crippen LogP contribution in [-0.2, 0) is 6.54 Å². The fourth-order valence-electron chi connectivity index (χ4n) is 1.75. The van der Waals surface area contributed by atoms with Crippen LogP contribution in [0.15, 0.2) is 18.2 Å². The maximum atomic E-state index is 13.0. The van der Waals surface area contributed by atoms with Crippen LogP contribution in [0.2, 0.25) is 0 Å². The zero-order chi connectivity index (χ0) is 12.8. The van der Waals surface area contributed by atoms with Crippen LogP contribution in [0.25, 0.3) is 0 Å². The van der Waals surface area contributed by atoms with E-state index in [1.807, 2.05) is 0 Å². The molecular weight excluding hydrogens is 244 g/mol. The van der Waals surface area contributed by atoms with E-state index >= 15 is 0 Å². The summed E-state index contributed by atoms with van der Waals surface area (Å²) in [7, 11) is 0. The fraction of sp³-hybridized carbons (Fsp3) is 0.538. The third-order valence-electron chi connectivity index (χ3n) is 2.46. The van der Waals surface area contributed by atoms with Gasteiger partial charge in [0.1, 0.15) is 11.6 Å². The Morgan fingerprint density at radius 1 is 1.18 bits per heavy atom. The lowest BCUT2D eigenvalue weighted by Gasteiger charge is -2.18. The van der Waals surface area contributed by atoms with Crippen LogP contribution in [0.3, 0.4) is 0 Å². The minimum atomic E-state index is -0.548. The maximum absolute atomic E-state index is 13.0. The van der Waals surface area contributed by atoms with Gasteiger partial charge in [-0.2, -0.15) is 0 Å². The molecule has 0 aromatic heterocycles. The molecule has 1 N–H and O–H groups in total. The van der Waals surface area contributed by atoms with Crippen molar-refractivity contribution in [1.29, 1.82) is 0 Å². The summed E-state index contributed by atoms with van der Waals surface area (Å²) >= 11 is 5.83. The maximum Gasteiger partial charge on any atom is 0.126 e. The molecule has 96 valence electrons. The molecule has 0 saturated heterocycles. The summed E-state index contributed by atoms with van der Waals surface area (Å²) in [6, 6.07) is 3.70. The summed E-state index contributed by atoms with van der Waals surface area (Å²) in [5.41, 5.74) is 0.598. The van der Waals surface area contributed by atoms with Crippen LogP contribution in [0.4, 0.5) is 8.78 Å². The molecule has 0 radical (unpaired) electrons. The van der Waals surface area contributed by atoms with Gasteiger partial charge in [0.05, 0.1) is 0 Å². The molecule has 0 heterocycles. The third-order valence-corrected chi connectivity index (χ3v) is 2.83. The van der Waals surface area contributed by atoms with Gasteiger partial charge >= 0.3 is 0 Å². The van der Waals surface area contributed by atoms with Crippen molar-refractivity contribution < 1.29 is 8.78 Å². The zero-order valence-electron chi connectivity index (χ0n) is 10.1. The highest BCUT2D eigenvalue weighted by molar-refractivity contribution is 6.18. The Morgan fingerprint density at radius 3 is 2.24 bits per heavy atom. The highest BCUT2D eigenvalue weighted by atomic mass is 35.5. The van der Waals surface area contributed by atoms with Crippen molar-refractivity contribution >= 4 is 11.6 Å². The average molecular weight is 262 g/mol. The number of nitrogens with one attached hydrogen (secondary N) is 1. The van der Waals surface area contributed by atoms with Crippen LogP contribution in [0.1, 0.15) is 25.8 Å². The highest BCUT2D eigenvalue weighted by Gasteiger charge is 2.09. The van der Waals surface area contributed by atoms with Gasteiger partial charge in [0.2, 0.25) is 0 Å². The van der Waals surface area contributed by atoms with Crippen LogP contribution in [0.5, 0.6) is 0 Å². The summed E-state index contributed by atoms with van der Waals surface area (Å²) in [5.74, 6) is -0.0626. The predicted molar refractivity (Wildman–Crippen MR) is 67.2 cm³/mol. The molecule has 17 heavy (non-hydrogen) atoms. The summed E-state index contributed by atoms with van der Waals surface area (Å²) in [6.07, 6.45) is 0.946. The second kappa shape index (κ2) is 6.92. The molecule has 1 nitrogen and oxygen atoms in total. The lowest BCUT2D eigenvalue weighted by atomic mass is 10.0. The van der Waals surface area contributed by atoms with Crippen molar-refractivity contribution in [2.45, 2.75) is 32.9 Å². The molecule has 0 aliphatic rings. The molecule has 1 unspecified atom stereocenters. The Labute approximate surface area is 106 Å². The molecule has 0 aliphatic heterocycles.